The molecule has 0 bridgehead atoms. The maximum absolute atomic E-state index is 12.6. The standard InChI is InChI=1S/C14H17F2NO2/c15-13(16)12-3-1-2-10(8-12)9-17-6-4-11(5-7-17)14(18)19/h1-3,8,11,13H,4-7,9H2,(H,18,19). The molecule has 0 atom stereocenters. The summed E-state index contributed by atoms with van der Waals surface area (Å²) in [7, 11) is 0. The van der Waals surface area contributed by atoms with Gasteiger partial charge in [-0.15, -0.1) is 0 Å². The van der Waals surface area contributed by atoms with Gasteiger partial charge in [-0.1, -0.05) is 18.2 Å². The molecule has 0 radical (unpaired) electrons. The molecule has 1 aliphatic heterocycles. The molecule has 1 heterocycles. The molecule has 0 spiro atoms. The summed E-state index contributed by atoms with van der Waals surface area (Å²) in [5.74, 6) is -0.997. The molecule has 0 aromatic heterocycles. The van der Waals surface area contributed by atoms with E-state index >= 15 is 0 Å². The van der Waals surface area contributed by atoms with Crippen molar-refractivity contribution in [2.24, 2.45) is 5.92 Å². The predicted molar refractivity (Wildman–Crippen MR) is 67.0 cm³/mol. The Morgan fingerprint density at radius 2 is 2.05 bits per heavy atom. The number of likely N-dealkylation sites (tertiary alicyclic amines) is 1. The highest BCUT2D eigenvalue weighted by Crippen LogP contribution is 2.22. The lowest BCUT2D eigenvalue weighted by Gasteiger charge is -2.30. The van der Waals surface area contributed by atoms with E-state index < -0.39 is 12.4 Å². The van der Waals surface area contributed by atoms with E-state index in [0.717, 1.165) is 5.56 Å². The molecule has 3 nitrogen and oxygen atoms in total. The van der Waals surface area contributed by atoms with Crippen LogP contribution in [0.5, 0.6) is 0 Å². The van der Waals surface area contributed by atoms with Crippen molar-refractivity contribution in [2.45, 2.75) is 25.8 Å². The minimum Gasteiger partial charge on any atom is -0.481 e. The highest BCUT2D eigenvalue weighted by atomic mass is 19.3. The zero-order chi connectivity index (χ0) is 13.8. The first-order chi connectivity index (χ1) is 9.06. The second-order valence-electron chi connectivity index (χ2n) is 4.93. The van der Waals surface area contributed by atoms with Gasteiger partial charge < -0.3 is 5.11 Å². The van der Waals surface area contributed by atoms with Gasteiger partial charge in [0.25, 0.3) is 6.43 Å². The van der Waals surface area contributed by atoms with Gasteiger partial charge in [0, 0.05) is 12.1 Å². The zero-order valence-corrected chi connectivity index (χ0v) is 10.6. The third kappa shape index (κ3) is 3.73. The van der Waals surface area contributed by atoms with Gasteiger partial charge in [0.1, 0.15) is 0 Å². The van der Waals surface area contributed by atoms with E-state index in [1.165, 1.54) is 12.1 Å². The number of hydrogen-bond donors (Lipinski definition) is 1. The minimum absolute atomic E-state index is 0.0397. The number of carboxylic acids is 1. The molecule has 1 aromatic carbocycles. The van der Waals surface area contributed by atoms with E-state index in [0.29, 0.717) is 32.5 Å². The number of rotatable bonds is 4. The van der Waals surface area contributed by atoms with Crippen molar-refractivity contribution >= 4 is 5.97 Å². The Bertz CT molecular complexity index is 443. The van der Waals surface area contributed by atoms with Crippen LogP contribution in [0.3, 0.4) is 0 Å². The molecule has 104 valence electrons. The molecule has 1 fully saturated rings. The third-order valence-electron chi connectivity index (χ3n) is 3.55. The van der Waals surface area contributed by atoms with Crippen LogP contribution < -0.4 is 0 Å². The molecule has 1 aromatic rings. The van der Waals surface area contributed by atoms with Crippen molar-refractivity contribution < 1.29 is 18.7 Å². The summed E-state index contributed by atoms with van der Waals surface area (Å²) < 4.78 is 25.2. The Morgan fingerprint density at radius 3 is 2.63 bits per heavy atom. The van der Waals surface area contributed by atoms with Crippen molar-refractivity contribution in [3.63, 3.8) is 0 Å². The lowest BCUT2D eigenvalue weighted by Crippen LogP contribution is -2.35. The van der Waals surface area contributed by atoms with Crippen LogP contribution in [0.25, 0.3) is 0 Å². The number of piperidine rings is 1. The van der Waals surface area contributed by atoms with Crippen molar-refractivity contribution in [2.75, 3.05) is 13.1 Å². The molecule has 5 heteroatoms. The van der Waals surface area contributed by atoms with Crippen LogP contribution in [0, 0.1) is 5.92 Å². The van der Waals surface area contributed by atoms with Gasteiger partial charge in [-0.05, 0) is 37.6 Å². The molecule has 0 aliphatic carbocycles. The smallest absolute Gasteiger partial charge is 0.306 e. The molecular weight excluding hydrogens is 252 g/mol. The van der Waals surface area contributed by atoms with Crippen molar-refractivity contribution in [3.05, 3.63) is 35.4 Å². The molecule has 2 rings (SSSR count). The number of carbonyl (C=O) groups is 1. The van der Waals surface area contributed by atoms with Gasteiger partial charge in [-0.2, -0.15) is 0 Å². The van der Waals surface area contributed by atoms with Crippen LogP contribution in [-0.4, -0.2) is 29.1 Å². The van der Waals surface area contributed by atoms with Crippen LogP contribution in [0.2, 0.25) is 0 Å². The van der Waals surface area contributed by atoms with Crippen LogP contribution >= 0.6 is 0 Å². The van der Waals surface area contributed by atoms with Crippen LogP contribution in [0.4, 0.5) is 8.78 Å². The van der Waals surface area contributed by atoms with E-state index in [9.17, 15) is 13.6 Å². The highest BCUT2D eigenvalue weighted by molar-refractivity contribution is 5.70. The van der Waals surface area contributed by atoms with Gasteiger partial charge in [0.15, 0.2) is 0 Å². The minimum atomic E-state index is -2.45. The first-order valence-corrected chi connectivity index (χ1v) is 6.38. The number of hydrogen-bond acceptors (Lipinski definition) is 2. The lowest BCUT2D eigenvalue weighted by molar-refractivity contribution is -0.143. The summed E-state index contributed by atoms with van der Waals surface area (Å²) in [6, 6.07) is 6.41. The summed E-state index contributed by atoms with van der Waals surface area (Å²) >= 11 is 0. The fourth-order valence-corrected chi connectivity index (χ4v) is 2.42. The van der Waals surface area contributed by atoms with Gasteiger partial charge in [-0.25, -0.2) is 8.78 Å². The van der Waals surface area contributed by atoms with Crippen LogP contribution in [-0.2, 0) is 11.3 Å². The topological polar surface area (TPSA) is 40.5 Å². The van der Waals surface area contributed by atoms with E-state index in [4.69, 9.17) is 5.11 Å². The first kappa shape index (κ1) is 13.9. The Morgan fingerprint density at radius 1 is 1.37 bits per heavy atom. The third-order valence-corrected chi connectivity index (χ3v) is 3.55. The van der Waals surface area contributed by atoms with Gasteiger partial charge in [0.2, 0.25) is 0 Å². The maximum atomic E-state index is 12.6. The summed E-state index contributed by atoms with van der Waals surface area (Å²) in [4.78, 5) is 13.0. The lowest BCUT2D eigenvalue weighted by atomic mass is 9.96. The average molecular weight is 269 g/mol. The van der Waals surface area contributed by atoms with Gasteiger partial charge >= 0.3 is 5.97 Å². The van der Waals surface area contributed by atoms with Crippen molar-refractivity contribution in [1.29, 1.82) is 0 Å². The number of nitrogens with zero attached hydrogens (tertiary/aromatic N) is 1. The summed E-state index contributed by atoms with van der Waals surface area (Å²) in [5, 5.41) is 8.91. The highest BCUT2D eigenvalue weighted by Gasteiger charge is 2.24. The maximum Gasteiger partial charge on any atom is 0.306 e. The average Bonchev–Trinajstić information content (AvgIpc) is 2.39. The number of benzene rings is 1. The van der Waals surface area contributed by atoms with E-state index in [1.54, 1.807) is 6.07 Å². The summed E-state index contributed by atoms with van der Waals surface area (Å²) in [6.45, 7) is 2.01. The van der Waals surface area contributed by atoms with Crippen LogP contribution in [0.1, 0.15) is 30.4 Å². The Hall–Kier alpha value is -1.49. The summed E-state index contributed by atoms with van der Waals surface area (Å²) in [6.07, 6.45) is -1.19. The first-order valence-electron chi connectivity index (χ1n) is 6.38. The normalized spacial score (nSPS) is 17.8. The quantitative estimate of drug-likeness (QED) is 0.913. The molecule has 1 saturated heterocycles. The zero-order valence-electron chi connectivity index (χ0n) is 10.6. The SMILES string of the molecule is O=C(O)C1CCN(Cc2cccc(C(F)F)c2)CC1. The number of aliphatic carboxylic acids is 1. The Balaban J connectivity index is 1.92. The Labute approximate surface area is 110 Å². The van der Waals surface area contributed by atoms with E-state index in [-0.39, 0.29) is 11.5 Å². The predicted octanol–water partition coefficient (Wildman–Crippen LogP) is 2.92. The molecule has 19 heavy (non-hydrogen) atoms. The largest absolute Gasteiger partial charge is 0.481 e. The van der Waals surface area contributed by atoms with Crippen molar-refractivity contribution in [1.82, 2.24) is 4.90 Å². The van der Waals surface area contributed by atoms with Gasteiger partial charge in [-0.3, -0.25) is 9.69 Å². The number of alkyl halides is 2. The molecule has 0 saturated carbocycles. The fraction of sp³-hybridized carbons (Fsp3) is 0.500. The molecule has 0 amide bonds. The Kier molecular flexibility index (Phi) is 4.47. The monoisotopic (exact) mass is 269 g/mol. The van der Waals surface area contributed by atoms with E-state index in [2.05, 4.69) is 4.90 Å². The van der Waals surface area contributed by atoms with E-state index in [1.807, 2.05) is 6.07 Å². The summed E-state index contributed by atoms with van der Waals surface area (Å²) in [5.41, 5.74) is 0.893. The second kappa shape index (κ2) is 6.10. The van der Waals surface area contributed by atoms with Crippen LogP contribution in [0.15, 0.2) is 24.3 Å². The molecule has 1 aliphatic rings. The fourth-order valence-electron chi connectivity index (χ4n) is 2.42. The molecular formula is C14H17F2NO2. The molecule has 0 unspecified atom stereocenters. The number of halogens is 2. The van der Waals surface area contributed by atoms with Crippen molar-refractivity contribution in [3.8, 4) is 0 Å². The second-order valence-corrected chi connectivity index (χ2v) is 4.93. The number of carboxylic acid groups (broad SMARTS) is 1. The molecule has 1 N–H and O–H groups in total. The van der Waals surface area contributed by atoms with Gasteiger partial charge in [0.05, 0.1) is 5.92 Å².